The molecule has 0 fully saturated rings. The fourth-order valence-corrected chi connectivity index (χ4v) is 4.51. The molecule has 2 heterocycles. The van der Waals surface area contributed by atoms with Gasteiger partial charge < -0.3 is 29.2 Å². The zero-order valence-electron chi connectivity index (χ0n) is 20.4. The van der Waals surface area contributed by atoms with Crippen molar-refractivity contribution in [3.8, 4) is 22.6 Å². The Hall–Kier alpha value is -3.20. The van der Waals surface area contributed by atoms with Crippen LogP contribution in [0.4, 0.5) is 0 Å². The van der Waals surface area contributed by atoms with E-state index >= 15 is 0 Å². The van der Waals surface area contributed by atoms with Gasteiger partial charge in [0.15, 0.2) is 17.5 Å². The number of hydrogen-bond acceptors (Lipinski definition) is 8. The van der Waals surface area contributed by atoms with Crippen molar-refractivity contribution < 1.29 is 34.0 Å². The molecule has 0 amide bonds. The smallest absolute Gasteiger partial charge is 0.336 e. The molecule has 0 saturated heterocycles. The Labute approximate surface area is 202 Å². The molecular weight excluding hydrogens is 452 g/mol. The van der Waals surface area contributed by atoms with E-state index in [0.717, 1.165) is 0 Å². The van der Waals surface area contributed by atoms with Crippen LogP contribution in [0.15, 0.2) is 45.6 Å². The number of phenolic OH excluding ortho intramolecular Hbond substituents is 1. The van der Waals surface area contributed by atoms with Gasteiger partial charge in [0.25, 0.3) is 5.79 Å². The normalized spacial score (nSPS) is 19.7. The third-order valence-corrected chi connectivity index (χ3v) is 6.45. The van der Waals surface area contributed by atoms with Crippen LogP contribution in [0.1, 0.15) is 62.6 Å². The first-order valence-electron chi connectivity index (χ1n) is 11.5. The van der Waals surface area contributed by atoms with Crippen LogP contribution in [0, 0.1) is 5.92 Å². The van der Waals surface area contributed by atoms with Gasteiger partial charge in [-0.1, -0.05) is 44.2 Å². The maximum absolute atomic E-state index is 13.4. The summed E-state index contributed by atoms with van der Waals surface area (Å²) in [4.78, 5) is 26.1. The molecule has 3 aromatic rings. The molecule has 0 spiro atoms. The molecule has 0 radical (unpaired) electrons. The minimum Gasteiger partial charge on any atom is -0.506 e. The average Bonchev–Trinajstić information content (AvgIpc) is 3.10. The van der Waals surface area contributed by atoms with Gasteiger partial charge in [0.05, 0.1) is 10.9 Å². The summed E-state index contributed by atoms with van der Waals surface area (Å²) in [6.45, 7) is 6.62. The molecule has 0 aliphatic carbocycles. The summed E-state index contributed by atoms with van der Waals surface area (Å²) < 4.78 is 16.9. The van der Waals surface area contributed by atoms with E-state index < -0.39 is 34.7 Å². The van der Waals surface area contributed by atoms with Crippen LogP contribution in [-0.4, -0.2) is 39.6 Å². The maximum atomic E-state index is 13.4. The van der Waals surface area contributed by atoms with Gasteiger partial charge in [-0.3, -0.25) is 4.79 Å². The molecule has 4 rings (SSSR count). The number of aromatic hydroxyl groups is 1. The van der Waals surface area contributed by atoms with Crippen LogP contribution in [-0.2, 0) is 4.74 Å². The minimum absolute atomic E-state index is 0.0766. The van der Waals surface area contributed by atoms with E-state index in [2.05, 4.69) is 0 Å². The van der Waals surface area contributed by atoms with E-state index in [1.54, 1.807) is 24.3 Å². The van der Waals surface area contributed by atoms with Gasteiger partial charge in [0, 0.05) is 25.2 Å². The number of carbonyl (C=O) groups is 1. The molecule has 8 nitrogen and oxygen atoms in total. The first-order valence-corrected chi connectivity index (χ1v) is 11.5. The summed E-state index contributed by atoms with van der Waals surface area (Å²) in [6.07, 6.45) is -0.654. The second kappa shape index (κ2) is 8.78. The van der Waals surface area contributed by atoms with E-state index in [0.29, 0.717) is 17.5 Å². The van der Waals surface area contributed by atoms with Gasteiger partial charge in [0.2, 0.25) is 0 Å². The van der Waals surface area contributed by atoms with Crippen molar-refractivity contribution in [1.82, 2.24) is 0 Å². The zero-order chi connectivity index (χ0) is 25.7. The lowest BCUT2D eigenvalue weighted by atomic mass is 9.87. The summed E-state index contributed by atoms with van der Waals surface area (Å²) in [6, 6.07) is 10.1. The van der Waals surface area contributed by atoms with Gasteiger partial charge in [-0.2, -0.15) is 0 Å². The highest BCUT2D eigenvalue weighted by Gasteiger charge is 2.60. The Morgan fingerprint density at radius 1 is 1.23 bits per heavy atom. The highest BCUT2D eigenvalue weighted by molar-refractivity contribution is 6.11. The lowest BCUT2D eigenvalue weighted by molar-refractivity contribution is -0.282. The highest BCUT2D eigenvalue weighted by Crippen LogP contribution is 2.56. The first kappa shape index (κ1) is 24.9. The largest absolute Gasteiger partial charge is 0.506 e. The third-order valence-electron chi connectivity index (χ3n) is 6.45. The number of fused-ring (bicyclic) bond motifs is 3. The number of ether oxygens (including phenoxy) is 2. The molecule has 2 atom stereocenters. The topological polar surface area (TPSA) is 126 Å². The van der Waals surface area contributed by atoms with E-state index in [-0.39, 0.29) is 40.2 Å². The summed E-state index contributed by atoms with van der Waals surface area (Å²) in [5, 5.41) is 33.8. The molecule has 1 unspecified atom stereocenters. The number of rotatable bonds is 7. The molecule has 1 aliphatic heterocycles. The number of ketones is 1. The SMILES string of the molecule is CO[C@@H]1c2c(c(C(=O)CCC(C)C)c(O)c3c(-c4ccccc4)cc(=O)oc23)OC1(O)C(C)(C)O. The summed E-state index contributed by atoms with van der Waals surface area (Å²) in [5.74, 6) is -3.11. The van der Waals surface area contributed by atoms with Gasteiger partial charge in [-0.05, 0) is 31.7 Å². The van der Waals surface area contributed by atoms with Crippen molar-refractivity contribution in [2.45, 2.75) is 58.0 Å². The highest BCUT2D eigenvalue weighted by atomic mass is 16.7. The monoisotopic (exact) mass is 482 g/mol. The maximum Gasteiger partial charge on any atom is 0.336 e. The molecule has 3 N–H and O–H groups in total. The number of methoxy groups -OCH3 is 1. The predicted molar refractivity (Wildman–Crippen MR) is 130 cm³/mol. The van der Waals surface area contributed by atoms with Crippen LogP contribution in [0.5, 0.6) is 11.5 Å². The van der Waals surface area contributed by atoms with Gasteiger partial charge in [-0.25, -0.2) is 4.79 Å². The fourth-order valence-electron chi connectivity index (χ4n) is 4.51. The van der Waals surface area contributed by atoms with Crippen LogP contribution < -0.4 is 10.4 Å². The number of phenols is 1. The van der Waals surface area contributed by atoms with Gasteiger partial charge in [0.1, 0.15) is 22.7 Å². The van der Waals surface area contributed by atoms with Crippen LogP contribution in [0.3, 0.4) is 0 Å². The van der Waals surface area contributed by atoms with E-state index in [4.69, 9.17) is 13.9 Å². The van der Waals surface area contributed by atoms with Crippen LogP contribution in [0.2, 0.25) is 0 Å². The minimum atomic E-state index is -2.33. The standard InChI is InChI=1S/C27H30O8/c1-14(2)11-12-17(28)20-22(30)19-16(15-9-7-6-8-10-15)13-18(29)34-23(19)21-24(20)35-27(32,25(21)33-5)26(3,4)31/h6-10,13-14,25,30-32H,11-12H2,1-5H3/t25-,27?/m1/s1. The van der Waals surface area contributed by atoms with Crippen LogP contribution in [0.25, 0.3) is 22.1 Å². The Bertz CT molecular complexity index is 1330. The molecule has 35 heavy (non-hydrogen) atoms. The van der Waals surface area contributed by atoms with Gasteiger partial charge >= 0.3 is 5.63 Å². The van der Waals surface area contributed by atoms with E-state index in [1.807, 2.05) is 19.9 Å². The first-order chi connectivity index (χ1) is 16.4. The van der Waals surface area contributed by atoms with E-state index in [9.17, 15) is 24.9 Å². The number of aliphatic hydroxyl groups is 2. The van der Waals surface area contributed by atoms with Crippen molar-refractivity contribution >= 4 is 16.8 Å². The quantitative estimate of drug-likeness (QED) is 0.336. The number of carbonyl (C=O) groups excluding carboxylic acids is 1. The van der Waals surface area contributed by atoms with Crippen molar-refractivity contribution in [2.24, 2.45) is 5.92 Å². The summed E-state index contributed by atoms with van der Waals surface area (Å²) >= 11 is 0. The molecule has 0 saturated carbocycles. The molecule has 1 aromatic heterocycles. The lowest BCUT2D eigenvalue weighted by Crippen LogP contribution is -2.56. The summed E-state index contributed by atoms with van der Waals surface area (Å²) in [7, 11) is 1.30. The number of hydrogen-bond donors (Lipinski definition) is 3. The lowest BCUT2D eigenvalue weighted by Gasteiger charge is -2.37. The molecule has 2 aromatic carbocycles. The Balaban J connectivity index is 2.14. The average molecular weight is 483 g/mol. The summed E-state index contributed by atoms with van der Waals surface area (Å²) in [5.41, 5.74) is -1.75. The second-order valence-electron chi connectivity index (χ2n) is 9.84. The van der Waals surface area contributed by atoms with Crippen molar-refractivity contribution in [1.29, 1.82) is 0 Å². The molecule has 186 valence electrons. The molecule has 1 aliphatic rings. The van der Waals surface area contributed by atoms with Crippen LogP contribution >= 0.6 is 0 Å². The Morgan fingerprint density at radius 2 is 1.89 bits per heavy atom. The second-order valence-corrected chi connectivity index (χ2v) is 9.84. The predicted octanol–water partition coefficient (Wildman–Crippen LogP) is 4.32. The number of benzene rings is 2. The van der Waals surface area contributed by atoms with Gasteiger partial charge in [-0.15, -0.1) is 0 Å². The zero-order valence-corrected chi connectivity index (χ0v) is 20.4. The van der Waals surface area contributed by atoms with Crippen molar-refractivity contribution in [3.63, 3.8) is 0 Å². The Kier molecular flexibility index (Phi) is 6.25. The van der Waals surface area contributed by atoms with Crippen molar-refractivity contribution in [2.75, 3.05) is 7.11 Å². The number of Topliss-reactive ketones (excluding diaryl/α,β-unsaturated/α-hetero) is 1. The molecular formula is C27H30O8. The Morgan fingerprint density at radius 3 is 2.46 bits per heavy atom. The molecule has 8 heteroatoms. The van der Waals surface area contributed by atoms with Crippen molar-refractivity contribution in [3.05, 3.63) is 57.9 Å². The molecule has 0 bridgehead atoms. The fraction of sp³-hybridized carbons (Fsp3) is 0.407. The third kappa shape index (κ3) is 4.01. The van der Waals surface area contributed by atoms with E-state index in [1.165, 1.54) is 27.0 Å².